The highest BCUT2D eigenvalue weighted by Crippen LogP contribution is 2.30. The lowest BCUT2D eigenvalue weighted by molar-refractivity contribution is 0.102. The monoisotopic (exact) mass is 454 g/mol. The molecule has 156 valence electrons. The summed E-state index contributed by atoms with van der Waals surface area (Å²) in [6.45, 7) is 2.32. The van der Waals surface area contributed by atoms with Gasteiger partial charge in [0.2, 0.25) is 0 Å². The van der Waals surface area contributed by atoms with Crippen LogP contribution in [0, 0.1) is 6.92 Å². The highest BCUT2D eigenvalue weighted by atomic mass is 35.5. The number of benzene rings is 2. The molecule has 0 fully saturated rings. The summed E-state index contributed by atoms with van der Waals surface area (Å²) < 4.78 is 1.49. The largest absolute Gasteiger partial charge is 0.504 e. The third-order valence-electron chi connectivity index (χ3n) is 4.67. The number of carbonyl (C=O) groups is 1. The summed E-state index contributed by atoms with van der Waals surface area (Å²) in [7, 11) is 0. The Balaban J connectivity index is 1.73. The molecule has 0 aliphatic rings. The number of hydrogen-bond donors (Lipinski definition) is 2. The van der Waals surface area contributed by atoms with Crippen molar-refractivity contribution in [1.82, 2.24) is 14.5 Å². The molecular weight excluding hydrogens is 439 g/mol. The number of pyridine rings is 1. The van der Waals surface area contributed by atoms with E-state index in [0.29, 0.717) is 12.1 Å². The minimum absolute atomic E-state index is 0.103. The Morgan fingerprint density at radius 1 is 1.16 bits per heavy atom. The third kappa shape index (κ3) is 4.23. The molecule has 2 aromatic carbocycles. The van der Waals surface area contributed by atoms with E-state index in [4.69, 9.17) is 23.2 Å². The fourth-order valence-corrected chi connectivity index (χ4v) is 3.64. The predicted octanol–water partition coefficient (Wildman–Crippen LogP) is 4.41. The van der Waals surface area contributed by atoms with Crippen molar-refractivity contribution in [1.29, 1.82) is 0 Å². The molecule has 0 radical (unpaired) electrons. The van der Waals surface area contributed by atoms with Crippen molar-refractivity contribution in [2.24, 2.45) is 0 Å². The zero-order valence-corrected chi connectivity index (χ0v) is 17.8. The number of fused-ring (bicyclic) bond motifs is 1. The van der Waals surface area contributed by atoms with E-state index in [0.717, 1.165) is 11.1 Å². The SMILES string of the molecule is Cc1cccc(Cn2cnc3cccc(NC(=O)c4cc(Cl)c(O)c(Cl)n4)c3c2=O)c1. The molecule has 2 heterocycles. The Morgan fingerprint density at radius 2 is 1.94 bits per heavy atom. The minimum Gasteiger partial charge on any atom is -0.504 e. The van der Waals surface area contributed by atoms with Gasteiger partial charge in [0.25, 0.3) is 11.5 Å². The first-order chi connectivity index (χ1) is 14.8. The Labute approximate surface area is 186 Å². The van der Waals surface area contributed by atoms with E-state index in [-0.39, 0.29) is 32.5 Å². The van der Waals surface area contributed by atoms with E-state index in [1.54, 1.807) is 18.2 Å². The number of aromatic hydroxyl groups is 1. The zero-order valence-electron chi connectivity index (χ0n) is 16.3. The van der Waals surface area contributed by atoms with Crippen molar-refractivity contribution in [2.45, 2.75) is 13.5 Å². The molecule has 0 bridgehead atoms. The summed E-state index contributed by atoms with van der Waals surface area (Å²) in [6.07, 6.45) is 1.49. The highest BCUT2D eigenvalue weighted by Gasteiger charge is 2.17. The number of anilines is 1. The fourth-order valence-electron chi connectivity index (χ4n) is 3.20. The lowest BCUT2D eigenvalue weighted by Gasteiger charge is -2.11. The standard InChI is InChI=1S/C22H16Cl2N4O3/c1-12-4-2-5-13(8-12)10-28-11-25-15-6-3-7-16(18(15)22(28)31)27-21(30)17-9-14(23)19(29)20(24)26-17/h2-9,11,29H,10H2,1H3,(H,27,30). The molecule has 7 nitrogen and oxygen atoms in total. The first kappa shape index (κ1) is 20.8. The number of nitrogens with one attached hydrogen (secondary N) is 1. The van der Waals surface area contributed by atoms with Gasteiger partial charge in [-0.3, -0.25) is 14.2 Å². The van der Waals surface area contributed by atoms with Crippen LogP contribution in [0.4, 0.5) is 5.69 Å². The van der Waals surface area contributed by atoms with Crippen LogP contribution in [0.1, 0.15) is 21.6 Å². The normalized spacial score (nSPS) is 10.9. The van der Waals surface area contributed by atoms with Gasteiger partial charge in [-0.15, -0.1) is 0 Å². The molecule has 1 amide bonds. The number of halogens is 2. The summed E-state index contributed by atoms with van der Waals surface area (Å²) in [5.41, 5.74) is 2.37. The van der Waals surface area contributed by atoms with Gasteiger partial charge in [-0.05, 0) is 30.7 Å². The molecular formula is C22H16Cl2N4O3. The quantitative estimate of drug-likeness (QED) is 0.445. The van der Waals surface area contributed by atoms with Crippen LogP contribution < -0.4 is 10.9 Å². The maximum absolute atomic E-state index is 13.2. The molecule has 31 heavy (non-hydrogen) atoms. The van der Waals surface area contributed by atoms with Gasteiger partial charge in [0.15, 0.2) is 10.9 Å². The Bertz CT molecular complexity index is 1360. The first-order valence-corrected chi connectivity index (χ1v) is 9.99. The molecule has 4 rings (SSSR count). The number of hydrogen-bond acceptors (Lipinski definition) is 5. The zero-order chi connectivity index (χ0) is 22.1. The van der Waals surface area contributed by atoms with E-state index in [1.807, 2.05) is 31.2 Å². The van der Waals surface area contributed by atoms with Gasteiger partial charge >= 0.3 is 0 Å². The van der Waals surface area contributed by atoms with Gasteiger partial charge in [-0.25, -0.2) is 9.97 Å². The first-order valence-electron chi connectivity index (χ1n) is 9.23. The second-order valence-electron chi connectivity index (χ2n) is 6.95. The highest BCUT2D eigenvalue weighted by molar-refractivity contribution is 6.36. The van der Waals surface area contributed by atoms with Crippen molar-refractivity contribution < 1.29 is 9.90 Å². The van der Waals surface area contributed by atoms with Crippen LogP contribution in [0.25, 0.3) is 10.9 Å². The van der Waals surface area contributed by atoms with Gasteiger partial charge in [0.05, 0.1) is 34.5 Å². The Morgan fingerprint density at radius 3 is 2.68 bits per heavy atom. The summed E-state index contributed by atoms with van der Waals surface area (Å²) in [5, 5.41) is 12.2. The van der Waals surface area contributed by atoms with Crippen molar-refractivity contribution in [3.8, 4) is 5.75 Å². The van der Waals surface area contributed by atoms with Crippen molar-refractivity contribution in [3.63, 3.8) is 0 Å². The number of amides is 1. The van der Waals surface area contributed by atoms with E-state index >= 15 is 0 Å². The molecule has 0 aliphatic carbocycles. The summed E-state index contributed by atoms with van der Waals surface area (Å²) in [5.74, 6) is -1.04. The summed E-state index contributed by atoms with van der Waals surface area (Å²) in [6, 6.07) is 14.0. The van der Waals surface area contributed by atoms with E-state index in [9.17, 15) is 14.7 Å². The summed E-state index contributed by atoms with van der Waals surface area (Å²) >= 11 is 11.7. The summed E-state index contributed by atoms with van der Waals surface area (Å²) in [4.78, 5) is 34.1. The van der Waals surface area contributed by atoms with Crippen LogP contribution in [0.15, 0.2) is 59.7 Å². The van der Waals surface area contributed by atoms with Gasteiger partial charge in [-0.1, -0.05) is 59.1 Å². The fraction of sp³-hybridized carbons (Fsp3) is 0.0909. The number of rotatable bonds is 4. The Hall–Kier alpha value is -3.42. The number of aromatic nitrogens is 3. The number of carbonyl (C=O) groups excluding carboxylic acids is 1. The van der Waals surface area contributed by atoms with Gasteiger partial charge < -0.3 is 10.4 Å². The Kier molecular flexibility index (Phi) is 5.63. The minimum atomic E-state index is -0.634. The predicted molar refractivity (Wildman–Crippen MR) is 120 cm³/mol. The molecule has 2 aromatic heterocycles. The number of aryl methyl sites for hydroxylation is 1. The van der Waals surface area contributed by atoms with Crippen LogP contribution in [-0.2, 0) is 6.54 Å². The van der Waals surface area contributed by atoms with E-state index in [2.05, 4.69) is 15.3 Å². The van der Waals surface area contributed by atoms with Crippen molar-refractivity contribution >= 4 is 45.7 Å². The second-order valence-corrected chi connectivity index (χ2v) is 7.71. The van der Waals surface area contributed by atoms with E-state index < -0.39 is 11.7 Å². The lowest BCUT2D eigenvalue weighted by atomic mass is 10.1. The van der Waals surface area contributed by atoms with E-state index in [1.165, 1.54) is 17.0 Å². The topological polar surface area (TPSA) is 97.1 Å². The maximum atomic E-state index is 13.2. The molecule has 0 saturated heterocycles. The van der Waals surface area contributed by atoms with Gasteiger partial charge in [0.1, 0.15) is 5.69 Å². The lowest BCUT2D eigenvalue weighted by Crippen LogP contribution is -2.23. The van der Waals surface area contributed by atoms with Crippen LogP contribution in [0.5, 0.6) is 5.75 Å². The molecule has 0 spiro atoms. The second kappa shape index (κ2) is 8.37. The van der Waals surface area contributed by atoms with Crippen LogP contribution in [-0.4, -0.2) is 25.5 Å². The molecule has 0 unspecified atom stereocenters. The number of nitrogens with zero attached hydrogens (tertiary/aromatic N) is 3. The molecule has 9 heteroatoms. The molecule has 0 saturated carbocycles. The van der Waals surface area contributed by atoms with Crippen LogP contribution >= 0.6 is 23.2 Å². The third-order valence-corrected chi connectivity index (χ3v) is 5.22. The van der Waals surface area contributed by atoms with Crippen LogP contribution in [0.2, 0.25) is 10.2 Å². The molecule has 0 aliphatic heterocycles. The van der Waals surface area contributed by atoms with Crippen molar-refractivity contribution in [2.75, 3.05) is 5.32 Å². The maximum Gasteiger partial charge on any atom is 0.274 e. The van der Waals surface area contributed by atoms with Gasteiger partial charge in [-0.2, -0.15) is 0 Å². The molecule has 0 atom stereocenters. The van der Waals surface area contributed by atoms with Crippen LogP contribution in [0.3, 0.4) is 0 Å². The average molecular weight is 455 g/mol. The smallest absolute Gasteiger partial charge is 0.274 e. The van der Waals surface area contributed by atoms with Crippen molar-refractivity contribution in [3.05, 3.63) is 92.2 Å². The molecule has 2 N–H and O–H groups in total. The molecule has 4 aromatic rings. The average Bonchev–Trinajstić information content (AvgIpc) is 2.73. The van der Waals surface area contributed by atoms with Gasteiger partial charge in [0, 0.05) is 0 Å².